The fourth-order valence-electron chi connectivity index (χ4n) is 3.24. The minimum Gasteiger partial charge on any atom is -0.507 e. The molecule has 1 heterocycles. The predicted octanol–water partition coefficient (Wildman–Crippen LogP) is 2.54. The molecule has 1 aliphatic rings. The van der Waals surface area contributed by atoms with Crippen molar-refractivity contribution in [2.75, 3.05) is 13.2 Å². The second-order valence-corrected chi connectivity index (χ2v) is 6.43. The molecule has 2 aromatic rings. The molecule has 2 aromatic carbocycles. The summed E-state index contributed by atoms with van der Waals surface area (Å²) < 4.78 is 13.4. The van der Waals surface area contributed by atoms with Gasteiger partial charge in [-0.3, -0.25) is 19.7 Å². The maximum absolute atomic E-state index is 13.4. The summed E-state index contributed by atoms with van der Waals surface area (Å²) in [6.45, 7) is -0.151. The molecular formula is C20H17FN2O6. The van der Waals surface area contributed by atoms with Gasteiger partial charge in [0.1, 0.15) is 11.6 Å². The number of benzene rings is 2. The van der Waals surface area contributed by atoms with Crippen molar-refractivity contribution in [1.29, 1.82) is 0 Å². The lowest BCUT2D eigenvalue weighted by atomic mass is 9.95. The Bertz CT molecular complexity index is 985. The normalized spacial score (nSPS) is 18.3. The van der Waals surface area contributed by atoms with Crippen molar-refractivity contribution in [1.82, 2.24) is 4.90 Å². The molecular weight excluding hydrogens is 383 g/mol. The average molecular weight is 400 g/mol. The third-order valence-electron chi connectivity index (χ3n) is 4.63. The maximum atomic E-state index is 13.4. The molecule has 8 nitrogen and oxygen atoms in total. The van der Waals surface area contributed by atoms with Gasteiger partial charge in [-0.05, 0) is 36.2 Å². The molecule has 0 aliphatic carbocycles. The molecule has 1 unspecified atom stereocenters. The Balaban J connectivity index is 2.12. The summed E-state index contributed by atoms with van der Waals surface area (Å²) in [5.74, 6) is -2.76. The van der Waals surface area contributed by atoms with E-state index >= 15 is 0 Å². The monoisotopic (exact) mass is 400 g/mol. The Kier molecular flexibility index (Phi) is 5.69. The Morgan fingerprint density at radius 2 is 1.72 bits per heavy atom. The molecule has 0 aromatic heterocycles. The molecule has 1 saturated heterocycles. The smallest absolute Gasteiger partial charge is 0.295 e. The van der Waals surface area contributed by atoms with Gasteiger partial charge in [0.05, 0.1) is 16.5 Å². The zero-order valence-electron chi connectivity index (χ0n) is 15.1. The first-order chi connectivity index (χ1) is 13.8. The van der Waals surface area contributed by atoms with Crippen LogP contribution in [-0.4, -0.2) is 44.9 Å². The van der Waals surface area contributed by atoms with Crippen molar-refractivity contribution in [2.24, 2.45) is 0 Å². The number of likely N-dealkylation sites (tertiary alicyclic amines) is 1. The molecule has 1 amide bonds. The number of aliphatic hydroxyl groups excluding tert-OH is 2. The largest absolute Gasteiger partial charge is 0.507 e. The van der Waals surface area contributed by atoms with Gasteiger partial charge >= 0.3 is 0 Å². The second-order valence-electron chi connectivity index (χ2n) is 6.43. The minimum absolute atomic E-state index is 0.0557. The molecule has 0 saturated carbocycles. The van der Waals surface area contributed by atoms with E-state index in [9.17, 15) is 29.2 Å². The average Bonchev–Trinajstić information content (AvgIpc) is 2.97. The molecule has 2 N–H and O–H groups in total. The number of rotatable bonds is 6. The van der Waals surface area contributed by atoms with Gasteiger partial charge < -0.3 is 15.1 Å². The lowest BCUT2D eigenvalue weighted by Gasteiger charge is -2.25. The minimum atomic E-state index is -0.975. The lowest BCUT2D eigenvalue weighted by Crippen LogP contribution is -2.31. The second kappa shape index (κ2) is 8.19. The number of non-ortho nitro benzene ring substituents is 1. The van der Waals surface area contributed by atoms with Crippen LogP contribution in [0.4, 0.5) is 10.1 Å². The topological polar surface area (TPSA) is 121 Å². The van der Waals surface area contributed by atoms with Gasteiger partial charge in [-0.25, -0.2) is 4.39 Å². The first kappa shape index (κ1) is 20.2. The standard InChI is InChI=1S/C20H17FN2O6/c21-14-6-2-12(3-7-14)17-16(19(26)20(27)22(17)10-1-11-24)18(25)13-4-8-15(9-5-13)23(28)29/h2-9,17,24-25H,1,10-11H2. The summed E-state index contributed by atoms with van der Waals surface area (Å²) in [4.78, 5) is 36.6. The van der Waals surface area contributed by atoms with Crippen molar-refractivity contribution < 1.29 is 29.1 Å². The summed E-state index contributed by atoms with van der Waals surface area (Å²) in [6, 6.07) is 9.07. The van der Waals surface area contributed by atoms with Gasteiger partial charge in [-0.15, -0.1) is 0 Å². The number of hydrogen-bond donors (Lipinski definition) is 2. The number of aliphatic hydroxyl groups is 2. The SMILES string of the molecule is O=C1C(=O)N(CCCO)C(c2ccc(F)cc2)C1=C(O)c1ccc([N+](=O)[O-])cc1. The van der Waals surface area contributed by atoms with Crippen LogP contribution < -0.4 is 0 Å². The van der Waals surface area contributed by atoms with Crippen LogP contribution in [-0.2, 0) is 9.59 Å². The molecule has 150 valence electrons. The first-order valence-corrected chi connectivity index (χ1v) is 8.74. The van der Waals surface area contributed by atoms with E-state index in [4.69, 9.17) is 5.11 Å². The summed E-state index contributed by atoms with van der Waals surface area (Å²) >= 11 is 0. The van der Waals surface area contributed by atoms with Gasteiger partial charge in [-0.2, -0.15) is 0 Å². The summed E-state index contributed by atoms with van der Waals surface area (Å²) in [6.07, 6.45) is 0.211. The van der Waals surface area contributed by atoms with Crippen LogP contribution in [0.15, 0.2) is 54.1 Å². The Hall–Kier alpha value is -3.59. The van der Waals surface area contributed by atoms with Crippen LogP contribution in [0.1, 0.15) is 23.6 Å². The third-order valence-corrected chi connectivity index (χ3v) is 4.63. The number of nitro groups is 1. The molecule has 0 radical (unpaired) electrons. The molecule has 1 aliphatic heterocycles. The number of nitro benzene ring substituents is 1. The lowest BCUT2D eigenvalue weighted by molar-refractivity contribution is -0.384. The number of ketones is 1. The van der Waals surface area contributed by atoms with Crippen molar-refractivity contribution in [3.63, 3.8) is 0 Å². The third kappa shape index (κ3) is 3.85. The Labute approximate surface area is 164 Å². The van der Waals surface area contributed by atoms with E-state index in [0.717, 1.165) is 0 Å². The molecule has 0 spiro atoms. The Morgan fingerprint density at radius 1 is 1.10 bits per heavy atom. The zero-order chi connectivity index (χ0) is 21.1. The molecule has 9 heteroatoms. The van der Waals surface area contributed by atoms with Gasteiger partial charge in [0.25, 0.3) is 17.4 Å². The fourth-order valence-corrected chi connectivity index (χ4v) is 3.24. The number of carbonyl (C=O) groups is 2. The number of Topliss-reactive ketones (excluding diaryl/α,β-unsaturated/α-hetero) is 1. The van der Waals surface area contributed by atoms with Crippen LogP contribution in [0.25, 0.3) is 5.76 Å². The fraction of sp³-hybridized carbons (Fsp3) is 0.200. The molecule has 3 rings (SSSR count). The van der Waals surface area contributed by atoms with E-state index in [2.05, 4.69) is 0 Å². The van der Waals surface area contributed by atoms with E-state index in [1.807, 2.05) is 0 Å². The van der Waals surface area contributed by atoms with Crippen LogP contribution in [0.3, 0.4) is 0 Å². The van der Waals surface area contributed by atoms with Crippen molar-refractivity contribution in [2.45, 2.75) is 12.5 Å². The van der Waals surface area contributed by atoms with Crippen molar-refractivity contribution in [3.05, 3.63) is 81.2 Å². The number of hydrogen-bond acceptors (Lipinski definition) is 6. The number of halogens is 1. The van der Waals surface area contributed by atoms with E-state index in [0.29, 0.717) is 5.56 Å². The van der Waals surface area contributed by atoms with Gasteiger partial charge in [0.2, 0.25) is 0 Å². The highest BCUT2D eigenvalue weighted by atomic mass is 19.1. The molecule has 1 fully saturated rings. The van der Waals surface area contributed by atoms with Gasteiger partial charge in [0, 0.05) is 30.8 Å². The van der Waals surface area contributed by atoms with E-state index in [1.165, 1.54) is 53.4 Å². The van der Waals surface area contributed by atoms with Crippen molar-refractivity contribution >= 4 is 23.1 Å². The highest BCUT2D eigenvalue weighted by Crippen LogP contribution is 2.39. The summed E-state index contributed by atoms with van der Waals surface area (Å²) in [5, 5.41) is 30.7. The Morgan fingerprint density at radius 3 is 2.28 bits per heavy atom. The van der Waals surface area contributed by atoms with Gasteiger partial charge in [0.15, 0.2) is 0 Å². The number of nitrogens with zero attached hydrogens (tertiary/aromatic N) is 2. The highest BCUT2D eigenvalue weighted by Gasteiger charge is 2.45. The van der Waals surface area contributed by atoms with E-state index < -0.39 is 34.2 Å². The van der Waals surface area contributed by atoms with E-state index in [1.54, 1.807) is 0 Å². The molecule has 1 atom stereocenters. The van der Waals surface area contributed by atoms with Crippen LogP contribution in [0.2, 0.25) is 0 Å². The summed E-state index contributed by atoms with van der Waals surface area (Å²) in [7, 11) is 0. The summed E-state index contributed by atoms with van der Waals surface area (Å²) in [5.41, 5.74) is 0.142. The molecule has 0 bridgehead atoms. The molecule has 29 heavy (non-hydrogen) atoms. The van der Waals surface area contributed by atoms with Crippen LogP contribution >= 0.6 is 0 Å². The zero-order valence-corrected chi connectivity index (χ0v) is 15.1. The van der Waals surface area contributed by atoms with Gasteiger partial charge in [-0.1, -0.05) is 12.1 Å². The quantitative estimate of drug-likeness (QED) is 0.253. The van der Waals surface area contributed by atoms with E-state index in [-0.39, 0.29) is 36.4 Å². The predicted molar refractivity (Wildman–Crippen MR) is 100 cm³/mol. The van der Waals surface area contributed by atoms with Crippen molar-refractivity contribution in [3.8, 4) is 0 Å². The number of amides is 1. The number of carbonyl (C=O) groups excluding carboxylic acids is 2. The van der Waals surface area contributed by atoms with Crippen LogP contribution in [0, 0.1) is 15.9 Å². The highest BCUT2D eigenvalue weighted by molar-refractivity contribution is 6.46. The van der Waals surface area contributed by atoms with Crippen LogP contribution in [0.5, 0.6) is 0 Å². The first-order valence-electron chi connectivity index (χ1n) is 8.74. The maximum Gasteiger partial charge on any atom is 0.295 e.